The topological polar surface area (TPSA) is 90.9 Å². The second-order valence-electron chi connectivity index (χ2n) is 7.39. The summed E-state index contributed by atoms with van der Waals surface area (Å²) in [5.74, 6) is 0.923. The van der Waals surface area contributed by atoms with Gasteiger partial charge in [0, 0.05) is 48.7 Å². The van der Waals surface area contributed by atoms with Crippen LogP contribution in [0.5, 0.6) is 5.75 Å². The van der Waals surface area contributed by atoms with E-state index < -0.39 is 0 Å². The minimum Gasteiger partial charge on any atom is -0.481 e. The van der Waals surface area contributed by atoms with Crippen molar-refractivity contribution in [1.29, 1.82) is 0 Å². The second-order valence-corrected chi connectivity index (χ2v) is 7.39. The maximum absolute atomic E-state index is 6.05. The molecule has 0 aromatic carbocycles. The summed E-state index contributed by atoms with van der Waals surface area (Å²) in [6.07, 6.45) is 4.46. The van der Waals surface area contributed by atoms with Gasteiger partial charge in [-0.3, -0.25) is 9.67 Å². The Morgan fingerprint density at radius 3 is 2.89 bits per heavy atom. The fraction of sp³-hybridized carbons (Fsp3) is 0.350. The van der Waals surface area contributed by atoms with E-state index in [2.05, 4.69) is 26.0 Å². The lowest BCUT2D eigenvalue weighted by molar-refractivity contribution is 0.222. The molecule has 7 heteroatoms. The highest BCUT2D eigenvalue weighted by atomic mass is 16.5. The molecule has 7 nitrogen and oxygen atoms in total. The zero-order valence-corrected chi connectivity index (χ0v) is 15.2. The van der Waals surface area contributed by atoms with Crippen LogP contribution in [0.2, 0.25) is 0 Å². The average molecular weight is 362 g/mol. The molecule has 5 rings (SSSR count). The number of rotatable bonds is 4. The van der Waals surface area contributed by atoms with Gasteiger partial charge in [-0.15, -0.1) is 0 Å². The van der Waals surface area contributed by atoms with Crippen molar-refractivity contribution < 1.29 is 4.74 Å². The Bertz CT molecular complexity index is 979. The SMILES string of the molecule is CC(Oc1cc(-c2cc3n(n2)CCC32CNC2)cnc1N)c1ccccn1. The van der Waals surface area contributed by atoms with E-state index in [1.807, 2.05) is 31.2 Å². The molecule has 2 aliphatic heterocycles. The zero-order chi connectivity index (χ0) is 18.4. The fourth-order valence-corrected chi connectivity index (χ4v) is 3.94. The van der Waals surface area contributed by atoms with E-state index in [9.17, 15) is 0 Å². The molecule has 2 aliphatic rings. The molecular formula is C20H22N6O. The lowest BCUT2D eigenvalue weighted by atomic mass is 9.77. The highest BCUT2D eigenvalue weighted by molar-refractivity contribution is 5.65. The maximum atomic E-state index is 6.05. The number of hydrogen-bond donors (Lipinski definition) is 2. The number of aryl methyl sites for hydroxylation is 1. The van der Waals surface area contributed by atoms with E-state index in [0.717, 1.165) is 36.6 Å². The van der Waals surface area contributed by atoms with Crippen molar-refractivity contribution in [3.63, 3.8) is 0 Å². The van der Waals surface area contributed by atoms with Gasteiger partial charge < -0.3 is 15.8 Å². The van der Waals surface area contributed by atoms with E-state index in [0.29, 0.717) is 11.6 Å². The summed E-state index contributed by atoms with van der Waals surface area (Å²) in [6, 6.07) is 9.87. The smallest absolute Gasteiger partial charge is 0.166 e. The highest BCUT2D eigenvalue weighted by Crippen LogP contribution is 2.40. The second kappa shape index (κ2) is 6.06. The molecule has 3 aromatic rings. The van der Waals surface area contributed by atoms with Gasteiger partial charge in [0.15, 0.2) is 11.6 Å². The number of nitrogen functional groups attached to an aromatic ring is 1. The average Bonchev–Trinajstić information content (AvgIpc) is 3.22. The van der Waals surface area contributed by atoms with Crippen LogP contribution in [0.25, 0.3) is 11.3 Å². The van der Waals surface area contributed by atoms with Crippen LogP contribution < -0.4 is 15.8 Å². The van der Waals surface area contributed by atoms with Gasteiger partial charge in [-0.05, 0) is 37.6 Å². The Hall–Kier alpha value is -2.93. The Morgan fingerprint density at radius 1 is 1.26 bits per heavy atom. The van der Waals surface area contributed by atoms with Gasteiger partial charge in [-0.1, -0.05) is 6.07 Å². The lowest BCUT2D eigenvalue weighted by Gasteiger charge is -2.38. The molecule has 1 fully saturated rings. The first kappa shape index (κ1) is 16.3. The number of nitrogens with two attached hydrogens (primary N) is 1. The predicted molar refractivity (Wildman–Crippen MR) is 102 cm³/mol. The number of pyridine rings is 2. The van der Waals surface area contributed by atoms with Gasteiger partial charge in [-0.25, -0.2) is 4.98 Å². The number of anilines is 1. The van der Waals surface area contributed by atoms with Crippen LogP contribution in [0.4, 0.5) is 5.82 Å². The van der Waals surface area contributed by atoms with Crippen LogP contribution in [-0.2, 0) is 12.0 Å². The first-order valence-electron chi connectivity index (χ1n) is 9.27. The molecule has 0 amide bonds. The Labute approximate surface area is 157 Å². The minimum absolute atomic E-state index is 0.220. The molecule has 27 heavy (non-hydrogen) atoms. The summed E-state index contributed by atoms with van der Waals surface area (Å²) in [7, 11) is 0. The van der Waals surface area contributed by atoms with Crippen LogP contribution in [0.3, 0.4) is 0 Å². The van der Waals surface area contributed by atoms with Gasteiger partial charge in [0.25, 0.3) is 0 Å². The zero-order valence-electron chi connectivity index (χ0n) is 15.2. The highest BCUT2D eigenvalue weighted by Gasteiger charge is 2.45. The van der Waals surface area contributed by atoms with Gasteiger partial charge in [0.05, 0.1) is 11.4 Å². The van der Waals surface area contributed by atoms with Crippen molar-refractivity contribution in [3.05, 3.63) is 54.1 Å². The van der Waals surface area contributed by atoms with Gasteiger partial charge in [0.2, 0.25) is 0 Å². The van der Waals surface area contributed by atoms with Crippen LogP contribution in [-0.4, -0.2) is 32.8 Å². The molecule has 0 aliphatic carbocycles. The van der Waals surface area contributed by atoms with Crippen LogP contribution in [0.1, 0.15) is 30.8 Å². The third-order valence-corrected chi connectivity index (χ3v) is 5.64. The molecule has 0 radical (unpaired) electrons. The first-order chi connectivity index (χ1) is 13.1. The summed E-state index contributed by atoms with van der Waals surface area (Å²) < 4.78 is 8.18. The molecule has 1 saturated heterocycles. The monoisotopic (exact) mass is 362 g/mol. The summed E-state index contributed by atoms with van der Waals surface area (Å²) in [5.41, 5.74) is 10.3. The number of ether oxygens (including phenoxy) is 1. The Balaban J connectivity index is 1.44. The Kier molecular flexibility index (Phi) is 3.65. The van der Waals surface area contributed by atoms with Gasteiger partial charge in [0.1, 0.15) is 6.10 Å². The minimum atomic E-state index is -0.220. The Morgan fingerprint density at radius 2 is 2.15 bits per heavy atom. The third kappa shape index (κ3) is 2.66. The predicted octanol–water partition coefficient (Wildman–Crippen LogP) is 2.31. The van der Waals surface area contributed by atoms with Crippen LogP contribution in [0.15, 0.2) is 42.7 Å². The lowest BCUT2D eigenvalue weighted by Crippen LogP contribution is -2.55. The third-order valence-electron chi connectivity index (χ3n) is 5.64. The first-order valence-corrected chi connectivity index (χ1v) is 9.27. The molecule has 138 valence electrons. The quantitative estimate of drug-likeness (QED) is 0.740. The van der Waals surface area contributed by atoms with Crippen molar-refractivity contribution >= 4 is 5.82 Å². The molecule has 1 unspecified atom stereocenters. The van der Waals surface area contributed by atoms with E-state index >= 15 is 0 Å². The summed E-state index contributed by atoms with van der Waals surface area (Å²) >= 11 is 0. The number of nitrogens with zero attached hydrogens (tertiary/aromatic N) is 4. The van der Waals surface area contributed by atoms with E-state index in [1.54, 1.807) is 12.4 Å². The molecule has 3 N–H and O–H groups in total. The summed E-state index contributed by atoms with van der Waals surface area (Å²) in [5, 5.41) is 8.18. The largest absolute Gasteiger partial charge is 0.481 e. The number of nitrogens with one attached hydrogen (secondary N) is 1. The van der Waals surface area contributed by atoms with Crippen molar-refractivity contribution in [2.45, 2.75) is 31.4 Å². The van der Waals surface area contributed by atoms with E-state index in [1.165, 1.54) is 12.1 Å². The van der Waals surface area contributed by atoms with Gasteiger partial charge >= 0.3 is 0 Å². The molecule has 0 bridgehead atoms. The van der Waals surface area contributed by atoms with E-state index in [-0.39, 0.29) is 11.5 Å². The fourth-order valence-electron chi connectivity index (χ4n) is 3.94. The standard InChI is InChI=1S/C20H22N6O/c1-13(15-4-2-3-6-23-15)27-17-8-14(10-24-19(17)21)16-9-18-20(11-22-12-20)5-7-26(18)25-16/h2-4,6,8-10,13,22H,5,7,11-12H2,1H3,(H2,21,24). The van der Waals surface area contributed by atoms with Crippen LogP contribution in [0, 0.1) is 0 Å². The number of hydrogen-bond acceptors (Lipinski definition) is 6. The summed E-state index contributed by atoms with van der Waals surface area (Å²) in [4.78, 5) is 8.67. The number of fused-ring (bicyclic) bond motifs is 2. The molecule has 0 saturated carbocycles. The van der Waals surface area contributed by atoms with E-state index in [4.69, 9.17) is 15.6 Å². The molecule has 1 atom stereocenters. The maximum Gasteiger partial charge on any atom is 0.166 e. The van der Waals surface area contributed by atoms with Crippen molar-refractivity contribution in [2.75, 3.05) is 18.8 Å². The van der Waals surface area contributed by atoms with Gasteiger partial charge in [-0.2, -0.15) is 5.10 Å². The summed E-state index contributed by atoms with van der Waals surface area (Å²) in [6.45, 7) is 4.99. The van der Waals surface area contributed by atoms with Crippen molar-refractivity contribution in [2.24, 2.45) is 0 Å². The normalized spacial score (nSPS) is 18.1. The van der Waals surface area contributed by atoms with Crippen LogP contribution >= 0.6 is 0 Å². The van der Waals surface area contributed by atoms with Crippen molar-refractivity contribution in [1.82, 2.24) is 25.1 Å². The molecule has 3 aromatic heterocycles. The molecule has 1 spiro atoms. The molecular weight excluding hydrogens is 340 g/mol. The molecule has 5 heterocycles. The van der Waals surface area contributed by atoms with Crippen molar-refractivity contribution in [3.8, 4) is 17.0 Å². The number of aromatic nitrogens is 4.